The molecule has 114 valence electrons. The predicted molar refractivity (Wildman–Crippen MR) is 85.7 cm³/mol. The van der Waals surface area contributed by atoms with Crippen molar-refractivity contribution in [1.82, 2.24) is 0 Å². The van der Waals surface area contributed by atoms with Crippen LogP contribution in [-0.4, -0.2) is 25.6 Å². The van der Waals surface area contributed by atoms with Crippen LogP contribution in [-0.2, 0) is 15.1 Å². The van der Waals surface area contributed by atoms with Gasteiger partial charge in [0.1, 0.15) is 6.10 Å². The molecule has 0 spiro atoms. The Hall–Kier alpha value is -1.39. The Kier molecular flexibility index (Phi) is 4.24. The normalized spacial score (nSPS) is 23.3. The van der Waals surface area contributed by atoms with E-state index < -0.39 is 5.60 Å². The van der Waals surface area contributed by atoms with Crippen LogP contribution in [0.2, 0.25) is 10.0 Å². The lowest BCUT2D eigenvalue weighted by Crippen LogP contribution is -2.27. The van der Waals surface area contributed by atoms with E-state index in [1.165, 1.54) is 0 Å². The zero-order chi connectivity index (χ0) is 15.7. The molecule has 0 bridgehead atoms. The smallest absolute Gasteiger partial charge is 0.203 e. The molecule has 1 aliphatic heterocycles. The quantitative estimate of drug-likeness (QED) is 0.609. The molecular weight excluding hydrogens is 323 g/mol. The number of epoxide rings is 1. The van der Waals surface area contributed by atoms with E-state index in [1.54, 1.807) is 43.5 Å². The number of ether oxygens (including phenoxy) is 2. The number of ketones is 1. The van der Waals surface area contributed by atoms with Gasteiger partial charge in [-0.25, -0.2) is 0 Å². The summed E-state index contributed by atoms with van der Waals surface area (Å²) in [6, 6.07) is 14.1. The van der Waals surface area contributed by atoms with Gasteiger partial charge in [-0.3, -0.25) is 4.79 Å². The third-order valence-electron chi connectivity index (χ3n) is 3.77. The lowest BCUT2D eigenvalue weighted by molar-refractivity contribution is 0.0871. The Morgan fingerprint density at radius 2 is 1.77 bits per heavy atom. The van der Waals surface area contributed by atoms with Crippen molar-refractivity contribution in [3.8, 4) is 0 Å². The molecular formula is C17H14Cl2O3. The van der Waals surface area contributed by atoms with Crippen LogP contribution in [0.3, 0.4) is 0 Å². The summed E-state index contributed by atoms with van der Waals surface area (Å²) in [5, 5.41) is 0.882. The van der Waals surface area contributed by atoms with E-state index in [9.17, 15) is 4.79 Å². The van der Waals surface area contributed by atoms with Crippen LogP contribution >= 0.6 is 23.2 Å². The Balaban J connectivity index is 2.08. The number of benzene rings is 2. The molecule has 2 aromatic rings. The van der Waals surface area contributed by atoms with E-state index in [0.717, 1.165) is 0 Å². The van der Waals surface area contributed by atoms with E-state index in [0.29, 0.717) is 27.8 Å². The van der Waals surface area contributed by atoms with Gasteiger partial charge in [0.25, 0.3) is 0 Å². The molecule has 0 amide bonds. The number of carbonyl (C=O) groups excluding carboxylic acids is 1. The van der Waals surface area contributed by atoms with Crippen LogP contribution in [0.5, 0.6) is 0 Å². The first-order valence-electron chi connectivity index (χ1n) is 6.82. The largest absolute Gasteiger partial charge is 0.382 e. The summed E-state index contributed by atoms with van der Waals surface area (Å²) in [4.78, 5) is 13.1. The highest BCUT2D eigenvalue weighted by atomic mass is 35.5. The van der Waals surface area contributed by atoms with E-state index in [-0.39, 0.29) is 11.9 Å². The molecule has 1 saturated heterocycles. The zero-order valence-corrected chi connectivity index (χ0v) is 13.4. The minimum Gasteiger partial charge on any atom is -0.382 e. The van der Waals surface area contributed by atoms with Crippen LogP contribution in [0.1, 0.15) is 15.9 Å². The fourth-order valence-electron chi connectivity index (χ4n) is 2.66. The van der Waals surface area contributed by atoms with Gasteiger partial charge in [0, 0.05) is 23.3 Å². The maximum absolute atomic E-state index is 13.1. The van der Waals surface area contributed by atoms with Gasteiger partial charge in [0.2, 0.25) is 5.78 Å². The van der Waals surface area contributed by atoms with E-state index >= 15 is 0 Å². The standard InChI is InChI=1S/C17H14Cl2O3/c1-21-10-15-17(22-15,12-7-3-5-9-14(12)19)16(20)11-6-2-4-8-13(11)18/h2-9,15H,10H2,1H3/t15-,17+/m0/s1. The topological polar surface area (TPSA) is 38.8 Å². The summed E-state index contributed by atoms with van der Waals surface area (Å²) in [6.45, 7) is 0.307. The van der Waals surface area contributed by atoms with Crippen molar-refractivity contribution < 1.29 is 14.3 Å². The van der Waals surface area contributed by atoms with Crippen molar-refractivity contribution in [1.29, 1.82) is 0 Å². The van der Waals surface area contributed by atoms with Gasteiger partial charge in [-0.2, -0.15) is 0 Å². The van der Waals surface area contributed by atoms with Gasteiger partial charge in [-0.05, 0) is 18.2 Å². The Bertz CT molecular complexity index is 717. The van der Waals surface area contributed by atoms with Crippen molar-refractivity contribution in [3.05, 3.63) is 69.7 Å². The van der Waals surface area contributed by atoms with Crippen LogP contribution in [0, 0.1) is 0 Å². The average molecular weight is 337 g/mol. The zero-order valence-electron chi connectivity index (χ0n) is 11.9. The lowest BCUT2D eigenvalue weighted by Gasteiger charge is -2.15. The fourth-order valence-corrected chi connectivity index (χ4v) is 3.16. The first kappa shape index (κ1) is 15.5. The van der Waals surface area contributed by atoms with Crippen molar-refractivity contribution in [2.75, 3.05) is 13.7 Å². The average Bonchev–Trinajstić information content (AvgIpc) is 3.23. The lowest BCUT2D eigenvalue weighted by atomic mass is 9.87. The molecule has 22 heavy (non-hydrogen) atoms. The highest BCUT2D eigenvalue weighted by molar-refractivity contribution is 6.35. The van der Waals surface area contributed by atoms with Crippen LogP contribution in [0.4, 0.5) is 0 Å². The number of methoxy groups -OCH3 is 1. The van der Waals surface area contributed by atoms with Crippen LogP contribution in [0.15, 0.2) is 48.5 Å². The van der Waals surface area contributed by atoms with Crippen LogP contribution in [0.25, 0.3) is 0 Å². The van der Waals surface area contributed by atoms with E-state index in [4.69, 9.17) is 32.7 Å². The van der Waals surface area contributed by atoms with Gasteiger partial charge in [-0.1, -0.05) is 53.5 Å². The maximum atomic E-state index is 13.1. The van der Waals surface area contributed by atoms with Gasteiger partial charge >= 0.3 is 0 Å². The number of Topliss-reactive ketones (excluding diaryl/α,β-unsaturated/α-hetero) is 1. The molecule has 0 saturated carbocycles. The number of carbonyl (C=O) groups is 1. The summed E-state index contributed by atoms with van der Waals surface area (Å²) < 4.78 is 10.9. The highest BCUT2D eigenvalue weighted by Crippen LogP contribution is 2.51. The molecule has 0 aromatic heterocycles. The summed E-state index contributed by atoms with van der Waals surface area (Å²) >= 11 is 12.4. The molecule has 0 unspecified atom stereocenters. The molecule has 0 N–H and O–H groups in total. The molecule has 3 nitrogen and oxygen atoms in total. The summed E-state index contributed by atoms with van der Waals surface area (Å²) in [6.07, 6.45) is -0.374. The first-order valence-corrected chi connectivity index (χ1v) is 7.58. The first-order chi connectivity index (χ1) is 10.6. The SMILES string of the molecule is COC[C@@H]1O[C@]1(C(=O)c1ccccc1Cl)c1ccccc1Cl. The summed E-state index contributed by atoms with van der Waals surface area (Å²) in [5.41, 5.74) is -0.0642. The van der Waals surface area contributed by atoms with Gasteiger partial charge in [-0.15, -0.1) is 0 Å². The molecule has 0 aliphatic carbocycles. The van der Waals surface area contributed by atoms with Gasteiger partial charge in [0.15, 0.2) is 5.60 Å². The third-order valence-corrected chi connectivity index (χ3v) is 4.43. The molecule has 3 rings (SSSR count). The predicted octanol–water partition coefficient (Wildman–Crippen LogP) is 4.12. The Labute approximate surface area is 138 Å². The molecule has 1 aliphatic rings. The summed E-state index contributed by atoms with van der Waals surface area (Å²) in [5.74, 6) is -0.201. The molecule has 1 heterocycles. The second-order valence-corrected chi connectivity index (χ2v) is 5.90. The van der Waals surface area contributed by atoms with Gasteiger partial charge < -0.3 is 9.47 Å². The van der Waals surface area contributed by atoms with E-state index in [1.807, 2.05) is 12.1 Å². The highest BCUT2D eigenvalue weighted by Gasteiger charge is 2.64. The fraction of sp³-hybridized carbons (Fsp3) is 0.235. The minimum atomic E-state index is -1.13. The second kappa shape index (κ2) is 6.01. The summed E-state index contributed by atoms with van der Waals surface area (Å²) in [7, 11) is 1.57. The molecule has 5 heteroatoms. The molecule has 0 radical (unpaired) electrons. The number of halogens is 2. The number of rotatable bonds is 5. The Morgan fingerprint density at radius 1 is 1.14 bits per heavy atom. The monoisotopic (exact) mass is 336 g/mol. The molecule has 2 atom stereocenters. The van der Waals surface area contributed by atoms with Crippen molar-refractivity contribution in [2.45, 2.75) is 11.7 Å². The van der Waals surface area contributed by atoms with Crippen LogP contribution < -0.4 is 0 Å². The van der Waals surface area contributed by atoms with Crippen molar-refractivity contribution >= 4 is 29.0 Å². The van der Waals surface area contributed by atoms with Gasteiger partial charge in [0.05, 0.1) is 11.6 Å². The second-order valence-electron chi connectivity index (χ2n) is 5.09. The maximum Gasteiger partial charge on any atom is 0.203 e. The minimum absolute atomic E-state index is 0.201. The van der Waals surface area contributed by atoms with E-state index in [2.05, 4.69) is 0 Å². The van der Waals surface area contributed by atoms with Crippen molar-refractivity contribution in [3.63, 3.8) is 0 Å². The molecule has 1 fully saturated rings. The van der Waals surface area contributed by atoms with Crippen molar-refractivity contribution in [2.24, 2.45) is 0 Å². The number of hydrogen-bond acceptors (Lipinski definition) is 3. The molecule has 2 aromatic carbocycles. The Morgan fingerprint density at radius 3 is 2.41 bits per heavy atom. The number of hydrogen-bond donors (Lipinski definition) is 0. The third kappa shape index (κ3) is 2.44.